The zero-order valence-corrected chi connectivity index (χ0v) is 11.2. The summed E-state index contributed by atoms with van der Waals surface area (Å²) in [6.07, 6.45) is 1.67. The maximum Gasteiger partial charge on any atom is 0.326 e. The summed E-state index contributed by atoms with van der Waals surface area (Å²) in [5, 5.41) is 11.5. The fraction of sp³-hybridized carbons (Fsp3) is 0.429. The molecule has 1 atom stereocenters. The first kappa shape index (κ1) is 14.3. The first-order chi connectivity index (χ1) is 9.52. The average Bonchev–Trinajstić information content (AvgIpc) is 2.80. The molecule has 0 spiro atoms. The number of carbonyl (C=O) groups is 2. The Morgan fingerprint density at radius 1 is 1.50 bits per heavy atom. The van der Waals surface area contributed by atoms with Crippen LogP contribution in [0.15, 0.2) is 18.2 Å². The molecule has 1 aliphatic heterocycles. The molecule has 0 saturated carbocycles. The molecule has 1 unspecified atom stereocenters. The number of aliphatic carboxylic acids is 1. The molecule has 0 aromatic heterocycles. The standard InChI is InChI=1S/C14H17FN2O3/c1-2-3-11(13(18)19)16-14(20)17-7-6-9-4-5-10(15)8-12(9)17/h4-5,8,11H,2-3,6-7H2,1H3,(H,16,20)(H,18,19). The van der Waals surface area contributed by atoms with Gasteiger partial charge in [-0.3, -0.25) is 4.90 Å². The van der Waals surface area contributed by atoms with Crippen molar-refractivity contribution in [2.45, 2.75) is 32.2 Å². The topological polar surface area (TPSA) is 69.6 Å². The van der Waals surface area contributed by atoms with E-state index in [0.717, 1.165) is 5.56 Å². The minimum atomic E-state index is -1.06. The van der Waals surface area contributed by atoms with Gasteiger partial charge in [-0.2, -0.15) is 0 Å². The van der Waals surface area contributed by atoms with Gasteiger partial charge in [-0.25, -0.2) is 14.0 Å². The Hall–Kier alpha value is -2.11. The number of anilines is 1. The smallest absolute Gasteiger partial charge is 0.326 e. The van der Waals surface area contributed by atoms with Crippen molar-refractivity contribution in [3.63, 3.8) is 0 Å². The van der Waals surface area contributed by atoms with Crippen LogP contribution in [0.4, 0.5) is 14.9 Å². The third kappa shape index (κ3) is 2.89. The van der Waals surface area contributed by atoms with Crippen molar-refractivity contribution >= 4 is 17.7 Å². The third-order valence-electron chi connectivity index (χ3n) is 3.36. The van der Waals surface area contributed by atoms with Crippen LogP contribution < -0.4 is 10.2 Å². The van der Waals surface area contributed by atoms with Gasteiger partial charge in [0, 0.05) is 6.54 Å². The summed E-state index contributed by atoms with van der Waals surface area (Å²) in [6.45, 7) is 2.28. The fourth-order valence-corrected chi connectivity index (χ4v) is 2.34. The lowest BCUT2D eigenvalue weighted by Crippen LogP contribution is -2.47. The lowest BCUT2D eigenvalue weighted by Gasteiger charge is -2.21. The van der Waals surface area contributed by atoms with Crippen LogP contribution in [0, 0.1) is 5.82 Å². The summed E-state index contributed by atoms with van der Waals surface area (Å²) in [4.78, 5) is 24.6. The molecule has 0 bridgehead atoms. The highest BCUT2D eigenvalue weighted by atomic mass is 19.1. The van der Waals surface area contributed by atoms with E-state index in [9.17, 15) is 14.0 Å². The van der Waals surface area contributed by atoms with E-state index in [4.69, 9.17) is 5.11 Å². The summed E-state index contributed by atoms with van der Waals surface area (Å²) in [7, 11) is 0. The first-order valence-electron chi connectivity index (χ1n) is 6.62. The van der Waals surface area contributed by atoms with Gasteiger partial charge in [0.1, 0.15) is 11.9 Å². The van der Waals surface area contributed by atoms with E-state index in [-0.39, 0.29) is 0 Å². The molecule has 6 heteroatoms. The summed E-state index contributed by atoms with van der Waals surface area (Å²) in [5.41, 5.74) is 1.41. The number of amides is 2. The molecule has 1 heterocycles. The Balaban J connectivity index is 2.12. The van der Waals surface area contributed by atoms with Crippen LogP contribution in [0.3, 0.4) is 0 Å². The Labute approximate surface area is 116 Å². The molecule has 0 saturated heterocycles. The van der Waals surface area contributed by atoms with Crippen LogP contribution in [-0.2, 0) is 11.2 Å². The van der Waals surface area contributed by atoms with Crippen molar-refractivity contribution in [2.75, 3.05) is 11.4 Å². The predicted octanol–water partition coefficient (Wildman–Crippen LogP) is 2.15. The van der Waals surface area contributed by atoms with E-state index in [2.05, 4.69) is 5.32 Å². The van der Waals surface area contributed by atoms with Gasteiger partial charge < -0.3 is 10.4 Å². The Morgan fingerprint density at radius 2 is 2.25 bits per heavy atom. The maximum atomic E-state index is 13.3. The molecule has 2 amide bonds. The van der Waals surface area contributed by atoms with Gasteiger partial charge in [-0.05, 0) is 30.5 Å². The largest absolute Gasteiger partial charge is 0.480 e. The van der Waals surface area contributed by atoms with Crippen molar-refractivity contribution in [3.05, 3.63) is 29.6 Å². The number of carboxylic acids is 1. The summed E-state index contributed by atoms with van der Waals surface area (Å²) in [5.74, 6) is -1.47. The molecular formula is C14H17FN2O3. The zero-order chi connectivity index (χ0) is 14.7. The van der Waals surface area contributed by atoms with E-state index >= 15 is 0 Å². The fourth-order valence-electron chi connectivity index (χ4n) is 2.34. The quantitative estimate of drug-likeness (QED) is 0.888. The number of hydrogen-bond donors (Lipinski definition) is 2. The van der Waals surface area contributed by atoms with Gasteiger partial charge in [0.2, 0.25) is 0 Å². The maximum absolute atomic E-state index is 13.3. The highest BCUT2D eigenvalue weighted by Crippen LogP contribution is 2.28. The number of hydrogen-bond acceptors (Lipinski definition) is 2. The second-order valence-corrected chi connectivity index (χ2v) is 4.80. The molecule has 20 heavy (non-hydrogen) atoms. The van der Waals surface area contributed by atoms with Crippen LogP contribution in [-0.4, -0.2) is 29.7 Å². The highest BCUT2D eigenvalue weighted by Gasteiger charge is 2.28. The number of fused-ring (bicyclic) bond motifs is 1. The van der Waals surface area contributed by atoms with Gasteiger partial charge >= 0.3 is 12.0 Å². The van der Waals surface area contributed by atoms with E-state index < -0.39 is 23.9 Å². The van der Waals surface area contributed by atoms with E-state index in [1.54, 1.807) is 6.07 Å². The molecule has 0 aliphatic carbocycles. The lowest BCUT2D eigenvalue weighted by atomic mass is 10.1. The molecule has 1 aromatic carbocycles. The van der Waals surface area contributed by atoms with Crippen molar-refractivity contribution in [2.24, 2.45) is 0 Å². The van der Waals surface area contributed by atoms with Crippen molar-refractivity contribution in [1.82, 2.24) is 5.32 Å². The predicted molar refractivity (Wildman–Crippen MR) is 72.3 cm³/mol. The van der Waals surface area contributed by atoms with Gasteiger partial charge in [-0.1, -0.05) is 19.4 Å². The molecule has 0 fully saturated rings. The molecule has 5 nitrogen and oxygen atoms in total. The molecule has 1 aromatic rings. The molecule has 2 rings (SSSR count). The van der Waals surface area contributed by atoms with Crippen LogP contribution >= 0.6 is 0 Å². The number of carbonyl (C=O) groups excluding carboxylic acids is 1. The first-order valence-corrected chi connectivity index (χ1v) is 6.62. The summed E-state index contributed by atoms with van der Waals surface area (Å²) in [6, 6.07) is 2.91. The minimum absolute atomic E-state index is 0.366. The second-order valence-electron chi connectivity index (χ2n) is 4.80. The summed E-state index contributed by atoms with van der Waals surface area (Å²) < 4.78 is 13.3. The number of rotatable bonds is 4. The van der Waals surface area contributed by atoms with Crippen molar-refractivity contribution in [1.29, 1.82) is 0 Å². The van der Waals surface area contributed by atoms with Gasteiger partial charge in [-0.15, -0.1) is 0 Å². The van der Waals surface area contributed by atoms with Crippen LogP contribution in [0.25, 0.3) is 0 Å². The molecule has 1 aliphatic rings. The van der Waals surface area contributed by atoms with Gasteiger partial charge in [0.05, 0.1) is 5.69 Å². The number of carboxylic acid groups (broad SMARTS) is 1. The minimum Gasteiger partial charge on any atom is -0.480 e. The number of urea groups is 1. The Bertz CT molecular complexity index is 533. The normalized spacial score (nSPS) is 14.8. The Kier molecular flexibility index (Phi) is 4.22. The van der Waals surface area contributed by atoms with Crippen LogP contribution in [0.5, 0.6) is 0 Å². The lowest BCUT2D eigenvalue weighted by molar-refractivity contribution is -0.139. The summed E-state index contributed by atoms with van der Waals surface area (Å²) >= 11 is 0. The van der Waals surface area contributed by atoms with Crippen LogP contribution in [0.1, 0.15) is 25.3 Å². The highest BCUT2D eigenvalue weighted by molar-refractivity contribution is 5.96. The monoisotopic (exact) mass is 280 g/mol. The third-order valence-corrected chi connectivity index (χ3v) is 3.36. The van der Waals surface area contributed by atoms with E-state index in [0.29, 0.717) is 31.5 Å². The molecule has 108 valence electrons. The number of halogens is 1. The van der Waals surface area contributed by atoms with E-state index in [1.807, 2.05) is 6.92 Å². The van der Waals surface area contributed by atoms with Crippen molar-refractivity contribution in [3.8, 4) is 0 Å². The van der Waals surface area contributed by atoms with Crippen LogP contribution in [0.2, 0.25) is 0 Å². The average molecular weight is 280 g/mol. The van der Waals surface area contributed by atoms with Crippen molar-refractivity contribution < 1.29 is 19.1 Å². The molecule has 0 radical (unpaired) electrons. The van der Waals surface area contributed by atoms with E-state index in [1.165, 1.54) is 17.0 Å². The second kappa shape index (κ2) is 5.90. The van der Waals surface area contributed by atoms with Gasteiger partial charge in [0.15, 0.2) is 0 Å². The molecular weight excluding hydrogens is 263 g/mol. The Morgan fingerprint density at radius 3 is 2.90 bits per heavy atom. The number of nitrogens with one attached hydrogen (secondary N) is 1. The number of benzene rings is 1. The zero-order valence-electron chi connectivity index (χ0n) is 11.2. The SMILES string of the molecule is CCCC(NC(=O)N1CCc2ccc(F)cc21)C(=O)O. The number of nitrogens with zero attached hydrogens (tertiary/aromatic N) is 1. The molecule has 2 N–H and O–H groups in total. The van der Waals surface area contributed by atoms with Gasteiger partial charge in [0.25, 0.3) is 0 Å².